The Morgan fingerprint density at radius 3 is 2.46 bits per heavy atom. The molecule has 0 unspecified atom stereocenters. The molecular formula is C19H27N3OS. The average molecular weight is 346 g/mol. The van der Waals surface area contributed by atoms with Gasteiger partial charge in [-0.05, 0) is 46.6 Å². The van der Waals surface area contributed by atoms with E-state index in [9.17, 15) is 4.79 Å². The van der Waals surface area contributed by atoms with Crippen LogP contribution in [0.5, 0.6) is 0 Å². The molecule has 2 aromatic rings. The van der Waals surface area contributed by atoms with Crippen LogP contribution in [0.15, 0.2) is 11.2 Å². The zero-order valence-electron chi connectivity index (χ0n) is 15.3. The number of nitrogens with zero attached hydrogens (tertiary/aromatic N) is 3. The summed E-state index contributed by atoms with van der Waals surface area (Å²) < 4.78 is 4.45. The van der Waals surface area contributed by atoms with E-state index in [-0.39, 0.29) is 5.78 Å². The zero-order valence-corrected chi connectivity index (χ0v) is 16.2. The van der Waals surface area contributed by atoms with Crippen LogP contribution < -0.4 is 0 Å². The van der Waals surface area contributed by atoms with Crippen LogP contribution in [0.1, 0.15) is 64.9 Å². The van der Waals surface area contributed by atoms with Gasteiger partial charge in [-0.25, -0.2) is 4.98 Å². The fourth-order valence-electron chi connectivity index (χ4n) is 3.64. The zero-order chi connectivity index (χ0) is 17.4. The highest BCUT2D eigenvalue weighted by atomic mass is 32.2. The minimum atomic E-state index is 0.192. The number of rotatable bonds is 5. The number of hydrogen-bond donors (Lipinski definition) is 0. The number of hydrogen-bond acceptors (Lipinski definition) is 3. The van der Waals surface area contributed by atoms with Gasteiger partial charge in [0.1, 0.15) is 0 Å². The SMILES string of the molecule is Cc1nc(SCC(=O)c2cc(C)n(C)c2C)n(C2CCCC2)c1C. The highest BCUT2D eigenvalue weighted by molar-refractivity contribution is 7.99. The molecule has 2 aromatic heterocycles. The van der Waals surface area contributed by atoms with Crippen LogP contribution in [0.3, 0.4) is 0 Å². The lowest BCUT2D eigenvalue weighted by atomic mass is 10.2. The molecule has 1 saturated carbocycles. The predicted molar refractivity (Wildman–Crippen MR) is 99.1 cm³/mol. The molecule has 1 fully saturated rings. The number of carbonyl (C=O) groups excluding carboxylic acids is 1. The smallest absolute Gasteiger partial charge is 0.175 e. The van der Waals surface area contributed by atoms with Crippen LogP contribution in [0.25, 0.3) is 0 Å². The first kappa shape index (κ1) is 17.3. The van der Waals surface area contributed by atoms with Crippen LogP contribution >= 0.6 is 11.8 Å². The average Bonchev–Trinajstić information content (AvgIpc) is 3.23. The molecule has 130 valence electrons. The molecular weight excluding hydrogens is 318 g/mol. The Labute approximate surface area is 148 Å². The quantitative estimate of drug-likeness (QED) is 0.590. The van der Waals surface area contributed by atoms with E-state index >= 15 is 0 Å². The molecule has 0 atom stereocenters. The molecule has 4 nitrogen and oxygen atoms in total. The van der Waals surface area contributed by atoms with Gasteiger partial charge in [0, 0.05) is 35.7 Å². The first-order valence-corrected chi connectivity index (χ1v) is 9.73. The van der Waals surface area contributed by atoms with Gasteiger partial charge in [-0.3, -0.25) is 4.79 Å². The normalized spacial score (nSPS) is 15.4. The molecule has 3 rings (SSSR count). The second kappa shape index (κ2) is 6.79. The Hall–Kier alpha value is -1.49. The van der Waals surface area contributed by atoms with E-state index < -0.39 is 0 Å². The molecule has 0 amide bonds. The Morgan fingerprint density at radius 2 is 1.88 bits per heavy atom. The summed E-state index contributed by atoms with van der Waals surface area (Å²) in [7, 11) is 2.01. The van der Waals surface area contributed by atoms with Crippen molar-refractivity contribution >= 4 is 17.5 Å². The maximum atomic E-state index is 12.7. The number of thioether (sulfide) groups is 1. The molecule has 0 spiro atoms. The first-order chi connectivity index (χ1) is 11.4. The van der Waals surface area contributed by atoms with E-state index in [0.717, 1.165) is 27.8 Å². The van der Waals surface area contributed by atoms with Gasteiger partial charge in [0.25, 0.3) is 0 Å². The highest BCUT2D eigenvalue weighted by Gasteiger charge is 2.24. The topological polar surface area (TPSA) is 39.8 Å². The van der Waals surface area contributed by atoms with Gasteiger partial charge >= 0.3 is 0 Å². The summed E-state index contributed by atoms with van der Waals surface area (Å²) in [5, 5.41) is 1.01. The summed E-state index contributed by atoms with van der Waals surface area (Å²) in [4.78, 5) is 17.4. The van der Waals surface area contributed by atoms with Crippen LogP contribution in [-0.2, 0) is 7.05 Å². The summed E-state index contributed by atoms with van der Waals surface area (Å²) in [5.74, 6) is 0.643. The standard InChI is InChI=1S/C19H27N3OS/c1-12-10-17(15(4)21(12)5)18(23)11-24-19-20-13(2)14(3)22(19)16-8-6-7-9-16/h10,16H,6-9,11H2,1-5H3. The molecule has 0 aliphatic heterocycles. The minimum absolute atomic E-state index is 0.192. The van der Waals surface area contributed by atoms with Gasteiger partial charge in [0.15, 0.2) is 10.9 Å². The third kappa shape index (κ3) is 3.06. The maximum Gasteiger partial charge on any atom is 0.175 e. The van der Waals surface area contributed by atoms with E-state index in [2.05, 4.69) is 23.0 Å². The molecule has 1 aliphatic carbocycles. The molecule has 0 bridgehead atoms. The van der Waals surface area contributed by atoms with Crippen LogP contribution in [0.2, 0.25) is 0 Å². The number of Topliss-reactive ketones (excluding diaryl/α,β-unsaturated/α-hetero) is 1. The Morgan fingerprint density at radius 1 is 1.21 bits per heavy atom. The van der Waals surface area contributed by atoms with Gasteiger partial charge in [-0.1, -0.05) is 24.6 Å². The molecule has 0 N–H and O–H groups in total. The second-order valence-electron chi connectivity index (χ2n) is 6.93. The molecule has 0 radical (unpaired) electrons. The maximum absolute atomic E-state index is 12.7. The third-order valence-electron chi connectivity index (χ3n) is 5.45. The number of aryl methyl sites for hydroxylation is 2. The van der Waals surface area contributed by atoms with Crippen molar-refractivity contribution in [3.8, 4) is 0 Å². The third-order valence-corrected chi connectivity index (χ3v) is 6.40. The van der Waals surface area contributed by atoms with E-state index in [1.165, 1.54) is 31.4 Å². The Bertz CT molecular complexity index is 766. The minimum Gasteiger partial charge on any atom is -0.351 e. The predicted octanol–water partition coefficient (Wildman–Crippen LogP) is 4.55. The van der Waals surface area contributed by atoms with Gasteiger partial charge < -0.3 is 9.13 Å². The number of imidazole rings is 1. The summed E-state index contributed by atoms with van der Waals surface area (Å²) in [6.07, 6.45) is 5.06. The number of carbonyl (C=O) groups is 1. The van der Waals surface area contributed by atoms with Crippen molar-refractivity contribution in [2.45, 2.75) is 64.6 Å². The number of ketones is 1. The van der Waals surface area contributed by atoms with E-state index in [0.29, 0.717) is 11.8 Å². The van der Waals surface area contributed by atoms with E-state index in [4.69, 9.17) is 4.98 Å². The van der Waals surface area contributed by atoms with E-state index in [1.807, 2.05) is 27.0 Å². The summed E-state index contributed by atoms with van der Waals surface area (Å²) in [5.41, 5.74) is 5.35. The molecule has 2 heterocycles. The molecule has 5 heteroatoms. The van der Waals surface area contributed by atoms with Gasteiger partial charge in [0.2, 0.25) is 0 Å². The van der Waals surface area contributed by atoms with Crippen molar-refractivity contribution < 1.29 is 4.79 Å². The fraction of sp³-hybridized carbons (Fsp3) is 0.579. The lowest BCUT2D eigenvalue weighted by Crippen LogP contribution is -2.10. The second-order valence-corrected chi connectivity index (χ2v) is 7.87. The molecule has 1 aliphatic rings. The van der Waals surface area contributed by atoms with Gasteiger partial charge in [0.05, 0.1) is 11.4 Å². The van der Waals surface area contributed by atoms with Crippen molar-refractivity contribution in [3.05, 3.63) is 34.4 Å². The first-order valence-electron chi connectivity index (χ1n) is 8.74. The fourth-order valence-corrected chi connectivity index (χ4v) is 4.68. The van der Waals surface area contributed by atoms with Crippen LogP contribution in [0, 0.1) is 27.7 Å². The Balaban J connectivity index is 1.78. The number of aromatic nitrogens is 3. The van der Waals surface area contributed by atoms with Crippen molar-refractivity contribution in [1.29, 1.82) is 0 Å². The van der Waals surface area contributed by atoms with Crippen LogP contribution in [-0.4, -0.2) is 25.7 Å². The lowest BCUT2D eigenvalue weighted by molar-refractivity contribution is 0.102. The van der Waals surface area contributed by atoms with Crippen molar-refractivity contribution in [3.63, 3.8) is 0 Å². The van der Waals surface area contributed by atoms with Gasteiger partial charge in [-0.15, -0.1) is 0 Å². The van der Waals surface area contributed by atoms with Gasteiger partial charge in [-0.2, -0.15) is 0 Å². The van der Waals surface area contributed by atoms with Crippen molar-refractivity contribution in [2.75, 3.05) is 5.75 Å². The molecule has 0 aromatic carbocycles. The summed E-state index contributed by atoms with van der Waals surface area (Å²) in [6.45, 7) is 8.27. The van der Waals surface area contributed by atoms with Crippen molar-refractivity contribution in [2.24, 2.45) is 7.05 Å². The Kier molecular flexibility index (Phi) is 4.90. The summed E-state index contributed by atoms with van der Waals surface area (Å²) >= 11 is 1.59. The highest BCUT2D eigenvalue weighted by Crippen LogP contribution is 2.35. The largest absolute Gasteiger partial charge is 0.351 e. The summed E-state index contributed by atoms with van der Waals surface area (Å²) in [6, 6.07) is 2.56. The lowest BCUT2D eigenvalue weighted by Gasteiger charge is -2.16. The van der Waals surface area contributed by atoms with E-state index in [1.54, 1.807) is 11.8 Å². The van der Waals surface area contributed by atoms with Crippen LogP contribution in [0.4, 0.5) is 0 Å². The molecule has 24 heavy (non-hydrogen) atoms. The molecule has 0 saturated heterocycles. The van der Waals surface area contributed by atoms with Crippen molar-refractivity contribution in [1.82, 2.24) is 14.1 Å². The monoisotopic (exact) mass is 345 g/mol.